The van der Waals surface area contributed by atoms with Crippen molar-refractivity contribution in [2.24, 2.45) is 0 Å². The third kappa shape index (κ3) is 4.08. The second kappa shape index (κ2) is 6.84. The highest BCUT2D eigenvalue weighted by molar-refractivity contribution is 6.31. The third-order valence-electron chi connectivity index (χ3n) is 2.45. The van der Waals surface area contributed by atoms with Crippen LogP contribution in [0.5, 0.6) is 0 Å². The second-order valence-corrected chi connectivity index (χ2v) is 4.20. The van der Waals surface area contributed by atoms with E-state index < -0.39 is 0 Å². The Kier molecular flexibility index (Phi) is 5.74. The van der Waals surface area contributed by atoms with Crippen LogP contribution in [0, 0.1) is 12.7 Å². The van der Waals surface area contributed by atoms with Crippen molar-refractivity contribution >= 4 is 11.6 Å². The molecule has 0 aliphatic heterocycles. The molecule has 1 aromatic rings. The summed E-state index contributed by atoms with van der Waals surface area (Å²) >= 11 is 6.03. The van der Waals surface area contributed by atoms with Gasteiger partial charge in [0.1, 0.15) is 5.82 Å². The molecule has 0 aliphatic carbocycles. The number of aryl methyl sites for hydroxylation is 1. The molecule has 0 fully saturated rings. The SMILES string of the molecule is CNCCNCCc1cc(F)c(C)cc1Cl. The van der Waals surface area contributed by atoms with Crippen molar-refractivity contribution < 1.29 is 4.39 Å². The van der Waals surface area contributed by atoms with E-state index in [0.29, 0.717) is 10.6 Å². The number of benzene rings is 1. The highest BCUT2D eigenvalue weighted by Gasteiger charge is 2.05. The van der Waals surface area contributed by atoms with E-state index in [1.165, 1.54) is 6.07 Å². The van der Waals surface area contributed by atoms with E-state index in [4.69, 9.17) is 11.6 Å². The quantitative estimate of drug-likeness (QED) is 0.750. The van der Waals surface area contributed by atoms with Crippen molar-refractivity contribution in [2.45, 2.75) is 13.3 Å². The Morgan fingerprint density at radius 2 is 2.00 bits per heavy atom. The van der Waals surface area contributed by atoms with Gasteiger partial charge in [0, 0.05) is 18.1 Å². The number of hydrogen-bond acceptors (Lipinski definition) is 2. The Bertz CT molecular complexity index is 342. The summed E-state index contributed by atoms with van der Waals surface area (Å²) in [6.07, 6.45) is 0.750. The first-order valence-corrected chi connectivity index (χ1v) is 5.82. The van der Waals surface area contributed by atoms with E-state index in [-0.39, 0.29) is 5.82 Å². The predicted octanol–water partition coefficient (Wildman–Crippen LogP) is 2.14. The lowest BCUT2D eigenvalue weighted by Crippen LogP contribution is -2.26. The van der Waals surface area contributed by atoms with Gasteiger partial charge in [0.05, 0.1) is 0 Å². The summed E-state index contributed by atoms with van der Waals surface area (Å²) in [7, 11) is 1.91. The molecule has 0 bridgehead atoms. The molecule has 1 aromatic carbocycles. The van der Waals surface area contributed by atoms with Gasteiger partial charge in [0.25, 0.3) is 0 Å². The van der Waals surface area contributed by atoms with Gasteiger partial charge in [-0.15, -0.1) is 0 Å². The number of halogens is 2. The largest absolute Gasteiger partial charge is 0.318 e. The maximum atomic E-state index is 13.3. The Labute approximate surface area is 101 Å². The summed E-state index contributed by atoms with van der Waals surface area (Å²) in [5, 5.41) is 6.95. The van der Waals surface area contributed by atoms with Gasteiger partial charge in [0.15, 0.2) is 0 Å². The summed E-state index contributed by atoms with van der Waals surface area (Å²) < 4.78 is 13.3. The molecule has 4 heteroatoms. The Morgan fingerprint density at radius 1 is 1.25 bits per heavy atom. The minimum Gasteiger partial charge on any atom is -0.318 e. The molecule has 2 nitrogen and oxygen atoms in total. The molecule has 0 saturated carbocycles. The van der Waals surface area contributed by atoms with Gasteiger partial charge in [-0.1, -0.05) is 11.6 Å². The molecular weight excluding hydrogens is 227 g/mol. The van der Waals surface area contributed by atoms with Crippen molar-refractivity contribution in [1.29, 1.82) is 0 Å². The first kappa shape index (κ1) is 13.4. The topological polar surface area (TPSA) is 24.1 Å². The Hall–Kier alpha value is -0.640. The van der Waals surface area contributed by atoms with Gasteiger partial charge in [-0.05, 0) is 50.2 Å². The van der Waals surface area contributed by atoms with E-state index in [1.807, 2.05) is 7.05 Å². The van der Waals surface area contributed by atoms with Crippen LogP contribution in [-0.2, 0) is 6.42 Å². The van der Waals surface area contributed by atoms with E-state index in [1.54, 1.807) is 13.0 Å². The zero-order valence-electron chi connectivity index (χ0n) is 9.74. The molecule has 2 N–H and O–H groups in total. The van der Waals surface area contributed by atoms with Crippen molar-refractivity contribution in [3.05, 3.63) is 34.1 Å². The summed E-state index contributed by atoms with van der Waals surface area (Å²) in [6, 6.07) is 3.21. The van der Waals surface area contributed by atoms with Crippen LogP contribution in [0.25, 0.3) is 0 Å². The highest BCUT2D eigenvalue weighted by Crippen LogP contribution is 2.20. The van der Waals surface area contributed by atoms with Crippen LogP contribution in [-0.4, -0.2) is 26.7 Å². The van der Waals surface area contributed by atoms with Crippen LogP contribution in [0.3, 0.4) is 0 Å². The molecule has 0 saturated heterocycles. The monoisotopic (exact) mass is 244 g/mol. The average molecular weight is 245 g/mol. The Morgan fingerprint density at radius 3 is 2.69 bits per heavy atom. The fraction of sp³-hybridized carbons (Fsp3) is 0.500. The van der Waals surface area contributed by atoms with Crippen molar-refractivity contribution in [1.82, 2.24) is 10.6 Å². The third-order valence-corrected chi connectivity index (χ3v) is 2.80. The van der Waals surface area contributed by atoms with Gasteiger partial charge in [-0.2, -0.15) is 0 Å². The molecule has 0 spiro atoms. The van der Waals surface area contributed by atoms with E-state index >= 15 is 0 Å². The molecule has 90 valence electrons. The van der Waals surface area contributed by atoms with Gasteiger partial charge >= 0.3 is 0 Å². The van der Waals surface area contributed by atoms with E-state index in [0.717, 1.165) is 31.6 Å². The number of hydrogen-bond donors (Lipinski definition) is 2. The lowest BCUT2D eigenvalue weighted by molar-refractivity contribution is 0.612. The van der Waals surface area contributed by atoms with Gasteiger partial charge in [-0.3, -0.25) is 0 Å². The summed E-state index contributed by atoms with van der Waals surface area (Å²) in [6.45, 7) is 4.36. The van der Waals surface area contributed by atoms with E-state index in [2.05, 4.69) is 10.6 Å². The smallest absolute Gasteiger partial charge is 0.126 e. The first-order valence-electron chi connectivity index (χ1n) is 5.45. The lowest BCUT2D eigenvalue weighted by atomic mass is 10.1. The Balaban J connectivity index is 2.45. The van der Waals surface area contributed by atoms with Gasteiger partial charge in [-0.25, -0.2) is 4.39 Å². The molecule has 0 aliphatic rings. The number of likely N-dealkylation sites (N-methyl/N-ethyl adjacent to an activating group) is 1. The predicted molar refractivity (Wildman–Crippen MR) is 66.6 cm³/mol. The van der Waals surface area contributed by atoms with Gasteiger partial charge < -0.3 is 10.6 Å². The molecule has 16 heavy (non-hydrogen) atoms. The molecule has 0 amide bonds. The maximum absolute atomic E-state index is 13.3. The van der Waals surface area contributed by atoms with Crippen LogP contribution < -0.4 is 10.6 Å². The average Bonchev–Trinajstić information content (AvgIpc) is 2.25. The normalized spacial score (nSPS) is 10.8. The minimum absolute atomic E-state index is 0.186. The number of rotatable bonds is 6. The summed E-state index contributed by atoms with van der Waals surface area (Å²) in [5.74, 6) is -0.186. The fourth-order valence-electron chi connectivity index (χ4n) is 1.44. The molecule has 0 radical (unpaired) electrons. The molecule has 0 aromatic heterocycles. The molecule has 0 atom stereocenters. The minimum atomic E-state index is -0.186. The zero-order valence-corrected chi connectivity index (χ0v) is 10.5. The molecule has 0 unspecified atom stereocenters. The van der Waals surface area contributed by atoms with Crippen LogP contribution in [0.15, 0.2) is 12.1 Å². The van der Waals surface area contributed by atoms with Crippen molar-refractivity contribution in [2.75, 3.05) is 26.7 Å². The molecule has 0 heterocycles. The van der Waals surface area contributed by atoms with Crippen molar-refractivity contribution in [3.63, 3.8) is 0 Å². The second-order valence-electron chi connectivity index (χ2n) is 3.80. The van der Waals surface area contributed by atoms with E-state index in [9.17, 15) is 4.39 Å². The summed E-state index contributed by atoms with van der Waals surface area (Å²) in [4.78, 5) is 0. The maximum Gasteiger partial charge on any atom is 0.126 e. The first-order chi connectivity index (χ1) is 7.65. The molecule has 1 rings (SSSR count). The van der Waals surface area contributed by atoms with Crippen LogP contribution >= 0.6 is 11.6 Å². The highest BCUT2D eigenvalue weighted by atomic mass is 35.5. The molecular formula is C12H18ClFN2. The standard InChI is InChI=1S/C12H18ClFN2/c1-9-7-11(13)10(8-12(9)14)3-4-16-6-5-15-2/h7-8,15-16H,3-6H2,1-2H3. The lowest BCUT2D eigenvalue weighted by Gasteiger charge is -2.07. The van der Waals surface area contributed by atoms with Gasteiger partial charge in [0.2, 0.25) is 0 Å². The number of nitrogens with one attached hydrogen (secondary N) is 2. The van der Waals surface area contributed by atoms with Crippen LogP contribution in [0.4, 0.5) is 4.39 Å². The van der Waals surface area contributed by atoms with Crippen LogP contribution in [0.1, 0.15) is 11.1 Å². The fourth-order valence-corrected chi connectivity index (χ4v) is 1.75. The zero-order chi connectivity index (χ0) is 12.0. The van der Waals surface area contributed by atoms with Crippen molar-refractivity contribution in [3.8, 4) is 0 Å². The summed E-state index contributed by atoms with van der Waals surface area (Å²) in [5.41, 5.74) is 1.46. The van der Waals surface area contributed by atoms with Crippen LogP contribution in [0.2, 0.25) is 5.02 Å².